The third kappa shape index (κ3) is 25.0. The number of alkyl halides is 7. The van der Waals surface area contributed by atoms with Gasteiger partial charge >= 0.3 is 49.4 Å². The predicted molar refractivity (Wildman–Crippen MR) is 302 cm³/mol. The molecule has 0 aliphatic heterocycles. The summed E-state index contributed by atoms with van der Waals surface area (Å²) in [4.78, 5) is 91.5. The van der Waals surface area contributed by atoms with Gasteiger partial charge in [0.15, 0.2) is 22.2 Å². The fraction of sp³-hybridized carbons (Fsp3) is 0.234. The monoisotopic (exact) mass is 1430 g/mol. The van der Waals surface area contributed by atoms with E-state index in [2.05, 4.69) is 39.7 Å². The van der Waals surface area contributed by atoms with Gasteiger partial charge in [-0.05, 0) is 55.0 Å². The first-order valence-electron chi connectivity index (χ1n) is 24.3. The van der Waals surface area contributed by atoms with Crippen molar-refractivity contribution in [1.82, 2.24) is 34.4 Å². The largest absolute Gasteiger partial charge is 0.481 e. The van der Waals surface area contributed by atoms with Crippen molar-refractivity contribution in [3.8, 4) is 35.0 Å². The van der Waals surface area contributed by atoms with Crippen LogP contribution in [0.1, 0.15) is 39.6 Å². The molecule has 6 rings (SSSR count). The second-order valence-electron chi connectivity index (χ2n) is 17.0. The maximum atomic E-state index is 12.6. The van der Waals surface area contributed by atoms with E-state index in [1.165, 1.54) is 56.8 Å². The first-order chi connectivity index (χ1) is 43.0. The number of amides is 4. The lowest BCUT2D eigenvalue weighted by atomic mass is 10.1. The second-order valence-corrected chi connectivity index (χ2v) is 25.5. The number of nitrogens with two attached hydrogens (primary N) is 1. The number of carboxylic acid groups (broad SMARTS) is 3. The quantitative estimate of drug-likeness (QED) is 0.0142. The van der Waals surface area contributed by atoms with Gasteiger partial charge in [-0.2, -0.15) is 59.1 Å². The van der Waals surface area contributed by atoms with Crippen molar-refractivity contribution in [2.24, 2.45) is 5.73 Å². The van der Waals surface area contributed by atoms with Crippen molar-refractivity contribution in [3.05, 3.63) is 123 Å². The van der Waals surface area contributed by atoms with Crippen LogP contribution in [-0.4, -0.2) is 157 Å². The molecule has 6 aromatic rings. The molecular formula is C47H46ClF7N11O23PS3. The lowest BCUT2D eigenvalue weighted by Crippen LogP contribution is -2.36. The number of rotatable bonds is 23. The average Bonchev–Trinajstić information content (AvgIpc) is 1.10. The number of urea groups is 2. The van der Waals surface area contributed by atoms with E-state index in [-0.39, 0.29) is 52.6 Å². The summed E-state index contributed by atoms with van der Waals surface area (Å²) in [5.41, 5.74) is 2.20. The number of carboxylic acids is 3. The van der Waals surface area contributed by atoms with E-state index in [9.17, 15) is 94.6 Å². The van der Waals surface area contributed by atoms with Gasteiger partial charge in [-0.15, -0.1) is 0 Å². The van der Waals surface area contributed by atoms with Gasteiger partial charge in [-0.25, -0.2) is 50.4 Å². The minimum atomic E-state index is -4.71. The summed E-state index contributed by atoms with van der Waals surface area (Å²) in [5.74, 6) is -7.95. The normalized spacial score (nSPS) is 12.2. The topological polar surface area (TPSA) is 514 Å². The number of aromatic nitrogens is 5. The van der Waals surface area contributed by atoms with Gasteiger partial charge in [0.25, 0.3) is 25.7 Å². The molecule has 46 heteroatoms. The number of anilines is 2. The molecule has 10 N–H and O–H groups in total. The molecule has 0 fully saturated rings. The van der Waals surface area contributed by atoms with Crippen molar-refractivity contribution in [3.63, 3.8) is 0 Å². The molecule has 0 saturated carbocycles. The molecule has 0 radical (unpaired) electrons. The summed E-state index contributed by atoms with van der Waals surface area (Å²) in [5, 5.41) is 39.7. The van der Waals surface area contributed by atoms with Crippen molar-refractivity contribution in [2.45, 2.75) is 53.6 Å². The molecular weight excluding hydrogens is 1380 g/mol. The molecule has 0 aliphatic carbocycles. The zero-order valence-corrected chi connectivity index (χ0v) is 51.1. The molecule has 2 atom stereocenters. The highest BCUT2D eigenvalue weighted by atomic mass is 35.5. The SMILES string of the molecule is CCS(=O)(=O)c1cccnc1S(=O)(=O)NC(=O)Nc1nc(OC)cc(OC)n1.CP(=O)(O)CCC(N)C(=O)O.O=C(Nc1nc(OC(F)F)cc(OC(F)F)n1)NS(=O)(=O)c1ccccc1C(=O)O.O=C(O)c1cc(Oc2ccc(C(F)(F)F)cc2Cl)ccc1[N+](=O)[O-]. The van der Waals surface area contributed by atoms with Gasteiger partial charge in [0.05, 0.1) is 53.2 Å². The molecule has 0 bridgehead atoms. The van der Waals surface area contributed by atoms with Crippen LogP contribution in [0.4, 0.5) is 57.9 Å². The Bertz CT molecular complexity index is 4080. The number of aromatic carboxylic acids is 2. The number of halogens is 8. The van der Waals surface area contributed by atoms with Gasteiger partial charge in [-0.3, -0.25) is 30.1 Å². The lowest BCUT2D eigenvalue weighted by molar-refractivity contribution is -0.385. The highest BCUT2D eigenvalue weighted by molar-refractivity contribution is 7.93. The summed E-state index contributed by atoms with van der Waals surface area (Å²) in [6, 6.07) is 9.93. The first kappa shape index (κ1) is 77.4. The highest BCUT2D eigenvalue weighted by Crippen LogP contribution is 2.38. The molecule has 34 nitrogen and oxygen atoms in total. The molecule has 3 aromatic heterocycles. The fourth-order valence-corrected chi connectivity index (χ4v) is 10.8. The molecule has 3 heterocycles. The zero-order valence-electron chi connectivity index (χ0n) is 47.0. The lowest BCUT2D eigenvalue weighted by Gasteiger charge is -2.11. The second kappa shape index (κ2) is 33.4. The number of hydrogen-bond acceptors (Lipinski definition) is 25. The summed E-state index contributed by atoms with van der Waals surface area (Å²) < 4.78 is 197. The molecule has 0 saturated heterocycles. The maximum Gasteiger partial charge on any atom is 0.416 e. The van der Waals surface area contributed by atoms with Crippen LogP contribution in [0.2, 0.25) is 5.02 Å². The zero-order chi connectivity index (χ0) is 70.6. The number of nitrogens with one attached hydrogen (secondary N) is 4. The number of hydrogen-bond donors (Lipinski definition) is 9. The maximum absolute atomic E-state index is 12.6. The standard InChI is InChI=1S/C14H7ClF3NO5.C14H10F4N4O7S.C14H17N5O7S2.C5H12NO4P/c15-10-5-7(14(16,17)18)1-4-12(10)24-8-2-3-11(19(22)23)9(6-8)13(20)21;15-11(16)28-8-5-9(29-12(17)18)20-13(19-8)21-14(25)22-30(26,27)7-4-2-1-3-6(7)10(23)24;1-4-27(21,22)9-6-5-7-15-12(9)28(23,24)19-14(20)18-13-16-10(25-2)8-11(17-13)26-3;1-11(9,10)3-2-4(6)5(7)8/h1-6H,(H,20,21);1-5,11-12H,(H,23,24)(H2,19,20,21,22,25);5-8H,4H2,1-3H3,(H2,16,17,18,19,20);4H,2-3,6H2,1H3,(H,7,8)(H,9,10). The van der Waals surface area contributed by atoms with Crippen LogP contribution < -0.4 is 49.5 Å². The Morgan fingerprint density at radius 1 is 0.720 bits per heavy atom. The van der Waals surface area contributed by atoms with Gasteiger partial charge in [0, 0.05) is 31.2 Å². The number of carbonyl (C=O) groups excluding carboxylic acids is 2. The number of methoxy groups -OCH3 is 2. The number of nitro groups is 1. The van der Waals surface area contributed by atoms with Crippen LogP contribution in [0.15, 0.2) is 106 Å². The van der Waals surface area contributed by atoms with E-state index in [0.29, 0.717) is 12.1 Å². The van der Waals surface area contributed by atoms with E-state index in [0.717, 1.165) is 54.7 Å². The fourth-order valence-electron chi connectivity index (χ4n) is 6.18. The summed E-state index contributed by atoms with van der Waals surface area (Å²) in [6.07, 6.45) is -3.48. The van der Waals surface area contributed by atoms with Crippen LogP contribution >= 0.6 is 19.0 Å². The molecule has 93 heavy (non-hydrogen) atoms. The van der Waals surface area contributed by atoms with Gasteiger partial charge in [0.1, 0.15) is 32.9 Å². The predicted octanol–water partition coefficient (Wildman–Crippen LogP) is 6.53. The third-order valence-electron chi connectivity index (χ3n) is 10.3. The van der Waals surface area contributed by atoms with Crippen LogP contribution in [0.3, 0.4) is 0 Å². The third-order valence-corrected chi connectivity index (χ3v) is 16.2. The van der Waals surface area contributed by atoms with Gasteiger partial charge < -0.3 is 49.6 Å². The Labute approximate surface area is 522 Å². The number of sulfone groups is 1. The average molecular weight is 1430 g/mol. The Morgan fingerprint density at radius 2 is 1.22 bits per heavy atom. The highest BCUT2D eigenvalue weighted by Gasteiger charge is 2.32. The number of sulfonamides is 2. The van der Waals surface area contributed by atoms with Crippen LogP contribution in [0, 0.1) is 10.1 Å². The van der Waals surface area contributed by atoms with Crippen molar-refractivity contribution in [1.29, 1.82) is 0 Å². The van der Waals surface area contributed by atoms with Crippen LogP contribution in [-0.2, 0) is 45.4 Å². The minimum Gasteiger partial charge on any atom is -0.481 e. The summed E-state index contributed by atoms with van der Waals surface area (Å²) in [7, 11) is -13.7. The first-order valence-corrected chi connectivity index (χ1v) is 31.6. The number of nitro benzene ring substituents is 1. The van der Waals surface area contributed by atoms with Crippen molar-refractivity contribution in [2.75, 3.05) is 43.4 Å². The molecule has 0 spiro atoms. The number of aliphatic carboxylic acids is 1. The van der Waals surface area contributed by atoms with Crippen molar-refractivity contribution >= 4 is 96.4 Å². The number of pyridine rings is 1. The number of benzene rings is 3. The molecule has 2 unspecified atom stereocenters. The van der Waals surface area contributed by atoms with Crippen LogP contribution in [0.5, 0.6) is 35.0 Å². The molecule has 506 valence electrons. The summed E-state index contributed by atoms with van der Waals surface area (Å²) >= 11 is 5.72. The smallest absolute Gasteiger partial charge is 0.416 e. The Kier molecular flexibility index (Phi) is 27.8. The number of carbonyl (C=O) groups is 5. The number of nitrogens with zero attached hydrogens (tertiary/aromatic N) is 6. The Balaban J connectivity index is 0.000000338. The summed E-state index contributed by atoms with van der Waals surface area (Å²) in [6.45, 7) is -4.28. The molecule has 0 aliphatic rings. The molecule has 3 aromatic carbocycles. The number of ether oxygens (including phenoxy) is 5. The van der Waals surface area contributed by atoms with E-state index < -0.39 is 152 Å². The van der Waals surface area contributed by atoms with E-state index in [1.807, 2.05) is 0 Å². The Hall–Kier alpha value is -9.88. The van der Waals surface area contributed by atoms with Gasteiger partial charge in [0.2, 0.25) is 35.4 Å². The Morgan fingerprint density at radius 3 is 1.67 bits per heavy atom. The van der Waals surface area contributed by atoms with Crippen LogP contribution in [0.25, 0.3) is 0 Å². The van der Waals surface area contributed by atoms with Crippen molar-refractivity contribution < 1.29 is 133 Å². The van der Waals surface area contributed by atoms with E-state index in [4.69, 9.17) is 51.8 Å². The minimum absolute atomic E-state index is 0.0412. The van der Waals surface area contributed by atoms with E-state index in [1.54, 1.807) is 10.0 Å². The van der Waals surface area contributed by atoms with Gasteiger partial charge in [-0.1, -0.05) is 30.7 Å². The van der Waals surface area contributed by atoms with E-state index >= 15 is 0 Å². The molecule has 4 amide bonds.